The molecule has 0 amide bonds. The fourth-order valence-electron chi connectivity index (χ4n) is 1.17. The molecule has 2 heterocycles. The molecule has 0 saturated heterocycles. The van der Waals surface area contributed by atoms with Crippen LogP contribution < -0.4 is 0 Å². The number of nitrogens with one attached hydrogen (secondary N) is 1. The van der Waals surface area contributed by atoms with Gasteiger partial charge in [-0.25, -0.2) is 9.97 Å². The predicted octanol–water partition coefficient (Wildman–Crippen LogP) is 2.09. The van der Waals surface area contributed by atoms with E-state index in [1.807, 2.05) is 19.9 Å². The van der Waals surface area contributed by atoms with Crippen molar-refractivity contribution < 1.29 is 0 Å². The van der Waals surface area contributed by atoms with Gasteiger partial charge >= 0.3 is 0 Å². The molecule has 3 heteroatoms. The van der Waals surface area contributed by atoms with Crippen LogP contribution in [0, 0.1) is 13.8 Å². The van der Waals surface area contributed by atoms with Crippen molar-refractivity contribution in [2.45, 2.75) is 13.8 Å². The van der Waals surface area contributed by atoms with Gasteiger partial charge in [-0.2, -0.15) is 0 Å². The van der Waals surface area contributed by atoms with Crippen LogP contribution >= 0.6 is 0 Å². The first-order valence-electron chi connectivity index (χ1n) is 4.21. The molecule has 2 aromatic heterocycles. The third-order valence-electron chi connectivity index (χ3n) is 2.09. The topological polar surface area (TPSA) is 41.6 Å². The molecule has 1 N–H and O–H groups in total. The Morgan fingerprint density at radius 3 is 2.69 bits per heavy atom. The van der Waals surface area contributed by atoms with Crippen LogP contribution in [0.5, 0.6) is 0 Å². The van der Waals surface area contributed by atoms with Crippen LogP contribution in [-0.2, 0) is 0 Å². The monoisotopic (exact) mass is 173 g/mol. The van der Waals surface area contributed by atoms with Crippen molar-refractivity contribution >= 4 is 0 Å². The minimum atomic E-state index is 0.822. The molecule has 3 nitrogen and oxygen atoms in total. The van der Waals surface area contributed by atoms with E-state index >= 15 is 0 Å². The third-order valence-corrected chi connectivity index (χ3v) is 2.09. The first kappa shape index (κ1) is 7.98. The minimum absolute atomic E-state index is 0.822. The van der Waals surface area contributed by atoms with E-state index in [-0.39, 0.29) is 0 Å². The summed E-state index contributed by atoms with van der Waals surface area (Å²) in [5.41, 5.74) is 3.15. The zero-order valence-corrected chi connectivity index (χ0v) is 7.70. The van der Waals surface area contributed by atoms with Gasteiger partial charge in [0, 0.05) is 18.1 Å². The minimum Gasteiger partial charge on any atom is -0.343 e. The summed E-state index contributed by atoms with van der Waals surface area (Å²) in [6.07, 6.45) is 3.53. The molecule has 0 aromatic carbocycles. The average Bonchev–Trinajstić information content (AvgIpc) is 2.62. The lowest BCUT2D eigenvalue weighted by Gasteiger charge is -2.00. The quantitative estimate of drug-likeness (QED) is 0.717. The molecule has 0 atom stereocenters. The standard InChI is InChI=1S/C10H11N3/c1-7-3-4-9(13-8(7)2)10-11-5-6-12-10/h3-6H,1-2H3,(H,11,12). The van der Waals surface area contributed by atoms with E-state index in [9.17, 15) is 0 Å². The Morgan fingerprint density at radius 2 is 2.08 bits per heavy atom. The number of H-pyrrole nitrogens is 1. The molecule has 0 aliphatic rings. The van der Waals surface area contributed by atoms with E-state index in [2.05, 4.69) is 21.0 Å². The number of nitrogens with zero attached hydrogens (tertiary/aromatic N) is 2. The second kappa shape index (κ2) is 3.01. The predicted molar refractivity (Wildman–Crippen MR) is 51.3 cm³/mol. The Hall–Kier alpha value is -1.64. The lowest BCUT2D eigenvalue weighted by molar-refractivity contribution is 1.13. The van der Waals surface area contributed by atoms with Gasteiger partial charge in [-0.1, -0.05) is 6.07 Å². The molecule has 0 aliphatic carbocycles. The van der Waals surface area contributed by atoms with E-state index in [4.69, 9.17) is 0 Å². The molecule has 0 unspecified atom stereocenters. The van der Waals surface area contributed by atoms with Gasteiger partial charge in [-0.05, 0) is 25.5 Å². The van der Waals surface area contributed by atoms with Crippen LogP contribution in [0.2, 0.25) is 0 Å². The number of aromatic nitrogens is 3. The number of hydrogen-bond donors (Lipinski definition) is 1. The SMILES string of the molecule is Cc1ccc(-c2ncc[nH]2)nc1C. The summed E-state index contributed by atoms with van der Waals surface area (Å²) < 4.78 is 0. The summed E-state index contributed by atoms with van der Waals surface area (Å²) in [6.45, 7) is 4.05. The zero-order chi connectivity index (χ0) is 9.26. The summed E-state index contributed by atoms with van der Waals surface area (Å²) in [4.78, 5) is 11.6. The maximum absolute atomic E-state index is 4.42. The molecule has 0 bridgehead atoms. The van der Waals surface area contributed by atoms with E-state index in [1.165, 1.54) is 5.56 Å². The number of hydrogen-bond acceptors (Lipinski definition) is 2. The van der Waals surface area contributed by atoms with Crippen LogP contribution in [0.3, 0.4) is 0 Å². The molecule has 66 valence electrons. The van der Waals surface area contributed by atoms with Gasteiger partial charge in [0.15, 0.2) is 5.82 Å². The summed E-state index contributed by atoms with van der Waals surface area (Å²) in [7, 11) is 0. The first-order valence-corrected chi connectivity index (χ1v) is 4.21. The van der Waals surface area contributed by atoms with Gasteiger partial charge in [0.2, 0.25) is 0 Å². The van der Waals surface area contributed by atoms with Crippen LogP contribution in [-0.4, -0.2) is 15.0 Å². The third kappa shape index (κ3) is 1.45. The van der Waals surface area contributed by atoms with Crippen molar-refractivity contribution in [1.82, 2.24) is 15.0 Å². The second-order valence-electron chi connectivity index (χ2n) is 3.04. The summed E-state index contributed by atoms with van der Waals surface area (Å²) in [5, 5.41) is 0. The van der Waals surface area contributed by atoms with Crippen molar-refractivity contribution in [3.05, 3.63) is 35.8 Å². The highest BCUT2D eigenvalue weighted by Crippen LogP contribution is 2.13. The second-order valence-corrected chi connectivity index (χ2v) is 3.04. The lowest BCUT2D eigenvalue weighted by Crippen LogP contribution is -1.91. The van der Waals surface area contributed by atoms with Gasteiger partial charge in [-0.15, -0.1) is 0 Å². The normalized spacial score (nSPS) is 10.3. The summed E-state index contributed by atoms with van der Waals surface area (Å²) >= 11 is 0. The first-order chi connectivity index (χ1) is 6.27. The largest absolute Gasteiger partial charge is 0.343 e. The van der Waals surface area contributed by atoms with Crippen LogP contribution in [0.1, 0.15) is 11.3 Å². The number of imidazole rings is 1. The molecule has 0 radical (unpaired) electrons. The van der Waals surface area contributed by atoms with Crippen molar-refractivity contribution in [3.8, 4) is 11.5 Å². The van der Waals surface area contributed by atoms with Crippen molar-refractivity contribution in [1.29, 1.82) is 0 Å². The molecular weight excluding hydrogens is 162 g/mol. The average molecular weight is 173 g/mol. The summed E-state index contributed by atoms with van der Waals surface area (Å²) in [6, 6.07) is 4.03. The van der Waals surface area contributed by atoms with Crippen LogP contribution in [0.15, 0.2) is 24.5 Å². The Morgan fingerprint density at radius 1 is 1.23 bits per heavy atom. The molecule has 13 heavy (non-hydrogen) atoms. The molecule has 0 spiro atoms. The van der Waals surface area contributed by atoms with Gasteiger partial charge < -0.3 is 4.98 Å². The highest BCUT2D eigenvalue weighted by atomic mass is 14.9. The molecule has 0 aliphatic heterocycles. The highest BCUT2D eigenvalue weighted by Gasteiger charge is 2.02. The Balaban J connectivity index is 2.49. The van der Waals surface area contributed by atoms with Crippen LogP contribution in [0.25, 0.3) is 11.5 Å². The van der Waals surface area contributed by atoms with E-state index in [0.29, 0.717) is 0 Å². The van der Waals surface area contributed by atoms with Gasteiger partial charge in [0.1, 0.15) is 5.69 Å². The fourth-order valence-corrected chi connectivity index (χ4v) is 1.17. The fraction of sp³-hybridized carbons (Fsp3) is 0.200. The smallest absolute Gasteiger partial charge is 0.155 e. The van der Waals surface area contributed by atoms with Crippen molar-refractivity contribution in [3.63, 3.8) is 0 Å². The molecule has 0 fully saturated rings. The van der Waals surface area contributed by atoms with Crippen LogP contribution in [0.4, 0.5) is 0 Å². The maximum Gasteiger partial charge on any atom is 0.155 e. The van der Waals surface area contributed by atoms with E-state index in [0.717, 1.165) is 17.2 Å². The highest BCUT2D eigenvalue weighted by molar-refractivity contribution is 5.49. The Labute approximate surface area is 76.9 Å². The zero-order valence-electron chi connectivity index (χ0n) is 7.70. The number of aromatic amines is 1. The molecular formula is C10H11N3. The maximum atomic E-state index is 4.42. The molecule has 2 rings (SSSR count). The van der Waals surface area contributed by atoms with Gasteiger partial charge in [-0.3, -0.25) is 0 Å². The van der Waals surface area contributed by atoms with Crippen molar-refractivity contribution in [2.24, 2.45) is 0 Å². The van der Waals surface area contributed by atoms with Gasteiger partial charge in [0.05, 0.1) is 0 Å². The summed E-state index contributed by atoms with van der Waals surface area (Å²) in [5.74, 6) is 0.822. The van der Waals surface area contributed by atoms with Gasteiger partial charge in [0.25, 0.3) is 0 Å². The molecule has 0 saturated carbocycles. The Bertz CT molecular complexity index is 404. The van der Waals surface area contributed by atoms with E-state index < -0.39 is 0 Å². The Kier molecular flexibility index (Phi) is 1.85. The molecule has 2 aromatic rings. The number of aryl methyl sites for hydroxylation is 2. The van der Waals surface area contributed by atoms with E-state index in [1.54, 1.807) is 12.4 Å². The lowest BCUT2D eigenvalue weighted by atomic mass is 10.2. The number of pyridine rings is 1. The van der Waals surface area contributed by atoms with Crippen molar-refractivity contribution in [2.75, 3.05) is 0 Å². The number of rotatable bonds is 1.